The smallest absolute Gasteiger partial charge is 0.227 e. The number of hydrogen-bond acceptors (Lipinski definition) is 4. The molecule has 4 rings (SSSR count). The van der Waals surface area contributed by atoms with Gasteiger partial charge in [0.1, 0.15) is 13.2 Å². The van der Waals surface area contributed by atoms with Crippen LogP contribution in [-0.4, -0.2) is 38.1 Å². The average molecular weight is 435 g/mol. The molecule has 2 aliphatic rings. The van der Waals surface area contributed by atoms with Gasteiger partial charge in [-0.3, -0.25) is 9.59 Å². The zero-order valence-electron chi connectivity index (χ0n) is 18.7. The maximum atomic E-state index is 12.8. The minimum atomic E-state index is -0.354. The van der Waals surface area contributed by atoms with E-state index in [1.54, 1.807) is 4.90 Å². The van der Waals surface area contributed by atoms with Crippen LogP contribution in [0.5, 0.6) is 11.5 Å². The lowest BCUT2D eigenvalue weighted by molar-refractivity contribution is -0.126. The van der Waals surface area contributed by atoms with Crippen LogP contribution in [0, 0.1) is 12.8 Å². The number of allylic oxidation sites excluding steroid dienone is 1. The first-order chi connectivity index (χ1) is 15.6. The molecule has 0 spiro atoms. The summed E-state index contributed by atoms with van der Waals surface area (Å²) >= 11 is 0. The van der Waals surface area contributed by atoms with Crippen LogP contribution in [0.25, 0.3) is 5.57 Å². The van der Waals surface area contributed by atoms with Gasteiger partial charge in [-0.05, 0) is 48.6 Å². The van der Waals surface area contributed by atoms with Crippen molar-refractivity contribution in [2.24, 2.45) is 5.92 Å². The molecule has 0 aromatic heterocycles. The Kier molecular flexibility index (Phi) is 6.78. The van der Waals surface area contributed by atoms with Crippen LogP contribution in [0.15, 0.2) is 48.5 Å². The van der Waals surface area contributed by atoms with Gasteiger partial charge in [0.05, 0.1) is 5.92 Å². The molecule has 2 amide bonds. The number of amides is 2. The second-order valence-corrected chi connectivity index (χ2v) is 8.23. The summed E-state index contributed by atoms with van der Waals surface area (Å²) in [6, 6.07) is 13.8. The second-order valence-electron chi connectivity index (χ2n) is 8.23. The fraction of sp³-hybridized carbons (Fsp3) is 0.385. The topological polar surface area (TPSA) is 67.9 Å². The van der Waals surface area contributed by atoms with Crippen LogP contribution >= 0.6 is 0 Å². The van der Waals surface area contributed by atoms with Crippen molar-refractivity contribution in [1.82, 2.24) is 5.32 Å². The third kappa shape index (κ3) is 4.79. The van der Waals surface area contributed by atoms with Gasteiger partial charge in [-0.1, -0.05) is 37.3 Å². The van der Waals surface area contributed by atoms with Crippen LogP contribution < -0.4 is 19.7 Å². The third-order valence-corrected chi connectivity index (χ3v) is 5.97. The van der Waals surface area contributed by atoms with Gasteiger partial charge >= 0.3 is 0 Å². The summed E-state index contributed by atoms with van der Waals surface area (Å²) in [4.78, 5) is 27.1. The highest BCUT2D eigenvalue weighted by molar-refractivity contribution is 6.00. The van der Waals surface area contributed by atoms with Crippen LogP contribution in [0.1, 0.15) is 37.3 Å². The Bertz CT molecular complexity index is 1030. The number of nitrogens with one attached hydrogen (secondary N) is 1. The zero-order valence-corrected chi connectivity index (χ0v) is 18.7. The van der Waals surface area contributed by atoms with E-state index in [1.807, 2.05) is 30.3 Å². The molecule has 32 heavy (non-hydrogen) atoms. The van der Waals surface area contributed by atoms with Gasteiger partial charge in [0, 0.05) is 31.3 Å². The number of fused-ring (bicyclic) bond motifs is 1. The van der Waals surface area contributed by atoms with Crippen LogP contribution in [0.4, 0.5) is 5.69 Å². The van der Waals surface area contributed by atoms with Gasteiger partial charge in [-0.2, -0.15) is 0 Å². The fourth-order valence-corrected chi connectivity index (χ4v) is 4.32. The number of ether oxygens (including phenoxy) is 2. The number of benzene rings is 2. The maximum Gasteiger partial charge on any atom is 0.227 e. The molecule has 2 aliphatic heterocycles. The van der Waals surface area contributed by atoms with Gasteiger partial charge in [0.2, 0.25) is 11.8 Å². The van der Waals surface area contributed by atoms with E-state index in [1.165, 1.54) is 16.7 Å². The summed E-state index contributed by atoms with van der Waals surface area (Å²) in [5.41, 5.74) is 4.44. The molecule has 168 valence electrons. The van der Waals surface area contributed by atoms with Crippen LogP contribution in [0.2, 0.25) is 0 Å². The van der Waals surface area contributed by atoms with Gasteiger partial charge in [-0.15, -0.1) is 0 Å². The first-order valence-corrected chi connectivity index (χ1v) is 11.3. The predicted molar refractivity (Wildman–Crippen MR) is 125 cm³/mol. The summed E-state index contributed by atoms with van der Waals surface area (Å²) in [6.07, 6.45) is 4.14. The molecule has 0 bridgehead atoms. The number of carbonyl (C=O) groups is 2. The van der Waals surface area contributed by atoms with E-state index in [4.69, 9.17) is 9.47 Å². The largest absolute Gasteiger partial charge is 0.486 e. The van der Waals surface area contributed by atoms with E-state index < -0.39 is 0 Å². The minimum absolute atomic E-state index is 0.0479. The SMILES string of the molecule is CC/C=C(/CCNC(=O)C1CC(=O)N(c2ccc3c(c2)OCCO3)C1)c1ccccc1C. The Morgan fingerprint density at radius 3 is 2.72 bits per heavy atom. The third-order valence-electron chi connectivity index (χ3n) is 5.97. The van der Waals surface area contributed by atoms with Crippen molar-refractivity contribution in [3.63, 3.8) is 0 Å². The predicted octanol–water partition coefficient (Wildman–Crippen LogP) is 4.12. The number of anilines is 1. The molecule has 0 radical (unpaired) electrons. The van der Waals surface area contributed by atoms with E-state index in [2.05, 4.69) is 37.4 Å². The lowest BCUT2D eigenvalue weighted by atomic mass is 9.97. The molecule has 0 aliphatic carbocycles. The summed E-state index contributed by atoms with van der Waals surface area (Å²) in [6.45, 7) is 6.16. The molecule has 1 saturated heterocycles. The van der Waals surface area contributed by atoms with Crippen molar-refractivity contribution in [3.8, 4) is 11.5 Å². The highest BCUT2D eigenvalue weighted by Gasteiger charge is 2.35. The van der Waals surface area contributed by atoms with Crippen molar-refractivity contribution in [2.75, 3.05) is 31.2 Å². The average Bonchev–Trinajstić information content (AvgIpc) is 3.20. The Labute approximate surface area is 189 Å². The van der Waals surface area contributed by atoms with Crippen molar-refractivity contribution in [3.05, 3.63) is 59.7 Å². The van der Waals surface area contributed by atoms with Crippen molar-refractivity contribution >= 4 is 23.1 Å². The molecule has 2 aromatic rings. The fourth-order valence-electron chi connectivity index (χ4n) is 4.32. The van der Waals surface area contributed by atoms with E-state index in [0.717, 1.165) is 18.5 Å². The zero-order chi connectivity index (χ0) is 22.5. The molecule has 0 saturated carbocycles. The standard InChI is InChI=1S/C26H30N2O4/c1-3-6-19(22-8-5-4-7-18(22)2)11-12-27-26(30)20-15-25(29)28(17-20)21-9-10-23-24(16-21)32-14-13-31-23/h4-10,16,20H,3,11-15,17H2,1-2H3,(H,27,30)/b19-6-. The molecule has 2 heterocycles. The number of hydrogen-bond donors (Lipinski definition) is 1. The summed E-state index contributed by atoms with van der Waals surface area (Å²) < 4.78 is 11.2. The molecule has 2 aromatic carbocycles. The molecule has 1 unspecified atom stereocenters. The summed E-state index contributed by atoms with van der Waals surface area (Å²) in [5.74, 6) is 0.853. The summed E-state index contributed by atoms with van der Waals surface area (Å²) in [5, 5.41) is 3.04. The second kappa shape index (κ2) is 9.90. The monoisotopic (exact) mass is 434 g/mol. The Balaban J connectivity index is 1.35. The highest BCUT2D eigenvalue weighted by Crippen LogP contribution is 2.36. The number of carbonyl (C=O) groups excluding carboxylic acids is 2. The van der Waals surface area contributed by atoms with Gasteiger partial charge in [-0.25, -0.2) is 0 Å². The molecule has 1 atom stereocenters. The normalized spacial score (nSPS) is 18.1. The molecular formula is C26H30N2O4. The van der Waals surface area contributed by atoms with E-state index in [-0.39, 0.29) is 24.2 Å². The van der Waals surface area contributed by atoms with Gasteiger partial charge in [0.15, 0.2) is 11.5 Å². The van der Waals surface area contributed by atoms with E-state index in [9.17, 15) is 9.59 Å². The molecule has 1 fully saturated rings. The summed E-state index contributed by atoms with van der Waals surface area (Å²) in [7, 11) is 0. The van der Waals surface area contributed by atoms with E-state index in [0.29, 0.717) is 37.8 Å². The Morgan fingerprint density at radius 1 is 1.16 bits per heavy atom. The Morgan fingerprint density at radius 2 is 1.94 bits per heavy atom. The van der Waals surface area contributed by atoms with E-state index >= 15 is 0 Å². The van der Waals surface area contributed by atoms with Gasteiger partial charge in [0.25, 0.3) is 0 Å². The Hall–Kier alpha value is -3.28. The van der Waals surface area contributed by atoms with Crippen molar-refractivity contribution in [2.45, 2.75) is 33.1 Å². The number of aryl methyl sites for hydroxylation is 1. The number of rotatable bonds is 7. The lowest BCUT2D eigenvalue weighted by Crippen LogP contribution is -2.33. The lowest BCUT2D eigenvalue weighted by Gasteiger charge is -2.22. The quantitative estimate of drug-likeness (QED) is 0.712. The molecule has 6 heteroatoms. The molecule has 1 N–H and O–H groups in total. The minimum Gasteiger partial charge on any atom is -0.486 e. The van der Waals surface area contributed by atoms with Crippen molar-refractivity contribution in [1.29, 1.82) is 0 Å². The maximum absolute atomic E-state index is 12.8. The highest BCUT2D eigenvalue weighted by atomic mass is 16.6. The van der Waals surface area contributed by atoms with Crippen LogP contribution in [0.3, 0.4) is 0 Å². The number of nitrogens with zero attached hydrogens (tertiary/aromatic N) is 1. The van der Waals surface area contributed by atoms with Crippen molar-refractivity contribution < 1.29 is 19.1 Å². The molecule has 6 nitrogen and oxygen atoms in total. The first-order valence-electron chi connectivity index (χ1n) is 11.3. The van der Waals surface area contributed by atoms with Crippen LogP contribution in [-0.2, 0) is 9.59 Å². The van der Waals surface area contributed by atoms with Gasteiger partial charge < -0.3 is 19.7 Å². The first kappa shape index (κ1) is 21.9. The molecular weight excluding hydrogens is 404 g/mol.